The minimum atomic E-state index is -0.833. The van der Waals surface area contributed by atoms with Gasteiger partial charge in [-0.3, -0.25) is 15.6 Å². The molecule has 3 heterocycles. The fourth-order valence-corrected chi connectivity index (χ4v) is 1.15. The van der Waals surface area contributed by atoms with Crippen molar-refractivity contribution in [2.75, 3.05) is 5.43 Å². The number of hydrogen-bond donors (Lipinski definition) is 3. The molecular weight excluding hydrogens is 858 g/mol. The minimum absolute atomic E-state index is 0. The first-order valence-corrected chi connectivity index (χ1v) is 5.94. The van der Waals surface area contributed by atoms with Crippen molar-refractivity contribution < 1.29 is 117 Å². The molecule has 0 saturated carbocycles. The van der Waals surface area contributed by atoms with Crippen molar-refractivity contribution in [2.45, 2.75) is 13.8 Å². The Labute approximate surface area is 244 Å². The van der Waals surface area contributed by atoms with Crippen molar-refractivity contribution >= 4 is 17.4 Å². The zero-order valence-electron chi connectivity index (χ0n) is 15.9. The van der Waals surface area contributed by atoms with Gasteiger partial charge in [-0.15, -0.1) is 12.1 Å². The normalized spacial score (nSPS) is 7.11. The van der Waals surface area contributed by atoms with Gasteiger partial charge in [0, 0.05) is 96.5 Å². The van der Waals surface area contributed by atoms with Crippen LogP contribution in [-0.4, -0.2) is 40.6 Å². The van der Waals surface area contributed by atoms with Crippen LogP contribution in [0.15, 0.2) is 24.5 Å². The van der Waals surface area contributed by atoms with Crippen LogP contribution in [-0.2, 0) is 112 Å². The number of aryl methyl sites for hydroxylation is 1. The van der Waals surface area contributed by atoms with Gasteiger partial charge in [-0.25, -0.2) is 0 Å². The van der Waals surface area contributed by atoms with Gasteiger partial charge in [-0.2, -0.15) is 5.10 Å². The van der Waals surface area contributed by atoms with E-state index in [2.05, 4.69) is 43.1 Å². The standard InChI is InChI=1S/C6H5N4.C4H5N4.C2H4O2.2CH3.2W.2Y/c1-5-8-6-2-3-7-4-10(6)9-5;5-8-4-1-2-6-3-7-4;1-2(3)4;;;;;;/h2-3H,1H3;1-2H,5H2,(H,6,7,8);1H3,(H,3,4);2*1H3;;;;/q2*-1;;2*-1;2*+2;;. The summed E-state index contributed by atoms with van der Waals surface area (Å²) in [4.78, 5) is 24.0. The fraction of sp³-hybridized carbons (Fsp3) is 0.143. The summed E-state index contributed by atoms with van der Waals surface area (Å²) in [6.45, 7) is 2.92. The van der Waals surface area contributed by atoms with Gasteiger partial charge in [0.15, 0.2) is 0 Å². The smallest absolute Gasteiger partial charge is 0.481 e. The molecule has 0 amide bonds. The first-order valence-electron chi connectivity index (χ1n) is 5.94. The SMILES string of the molecule is CC(=O)O.Cc1nc2ccn[c-]n2n1.NNc1ccn[c-]n1.[CH3-].[CH3-].[W+2].[W+2].[Y].[Y]. The van der Waals surface area contributed by atoms with Crippen molar-refractivity contribution in [1.82, 2.24) is 29.5 Å². The molecule has 0 spiro atoms. The molecule has 3 aromatic heterocycles. The molecule has 28 heavy (non-hydrogen) atoms. The molecule has 0 aliphatic carbocycles. The Morgan fingerprint density at radius 2 is 1.71 bits per heavy atom. The molecular formula is C14H20N8O2W2Y2. The summed E-state index contributed by atoms with van der Waals surface area (Å²) in [6, 6.07) is 3.44. The second-order valence-corrected chi connectivity index (χ2v) is 3.68. The number of carboxylic acids is 1. The van der Waals surface area contributed by atoms with Crippen LogP contribution < -0.4 is 11.3 Å². The van der Waals surface area contributed by atoms with Gasteiger partial charge in [0.05, 0.1) is 0 Å². The maximum Gasteiger partial charge on any atom is 2.00 e. The first kappa shape index (κ1) is 42.5. The van der Waals surface area contributed by atoms with E-state index in [1.165, 1.54) is 4.52 Å². The van der Waals surface area contributed by atoms with Crippen molar-refractivity contribution in [1.29, 1.82) is 0 Å². The second-order valence-electron chi connectivity index (χ2n) is 3.68. The molecule has 0 fully saturated rings. The largest absolute Gasteiger partial charge is 2.00 e. The molecule has 3 rings (SSSR count). The van der Waals surface area contributed by atoms with Crippen LogP contribution in [0.25, 0.3) is 5.65 Å². The van der Waals surface area contributed by atoms with Crippen molar-refractivity contribution in [3.8, 4) is 0 Å². The number of fused-ring (bicyclic) bond motifs is 1. The van der Waals surface area contributed by atoms with E-state index in [1.54, 1.807) is 24.5 Å². The Bertz CT molecular complexity index is 686. The third-order valence-corrected chi connectivity index (χ3v) is 1.87. The monoisotopic (exact) mass is 878 g/mol. The van der Waals surface area contributed by atoms with Crippen LogP contribution in [0, 0.1) is 34.4 Å². The summed E-state index contributed by atoms with van der Waals surface area (Å²) in [7, 11) is 0. The predicted octanol–water partition coefficient (Wildman–Crippen LogP) is 0.777. The van der Waals surface area contributed by atoms with Crippen LogP contribution in [0.5, 0.6) is 0 Å². The zero-order chi connectivity index (χ0) is 16.4. The fourth-order valence-electron chi connectivity index (χ4n) is 1.15. The van der Waals surface area contributed by atoms with Gasteiger partial charge in [-0.05, 0) is 6.92 Å². The Balaban J connectivity index is -0.0000000625. The quantitative estimate of drug-likeness (QED) is 0.184. The molecule has 0 unspecified atom stereocenters. The number of carboxylic acid groups (broad SMARTS) is 1. The molecule has 0 aliphatic heterocycles. The van der Waals surface area contributed by atoms with Gasteiger partial charge in [0.2, 0.25) is 0 Å². The second kappa shape index (κ2) is 25.5. The van der Waals surface area contributed by atoms with Gasteiger partial charge >= 0.3 is 42.1 Å². The van der Waals surface area contributed by atoms with Crippen molar-refractivity contribution in [3.63, 3.8) is 0 Å². The average Bonchev–Trinajstić information content (AvgIpc) is 2.88. The van der Waals surface area contributed by atoms with E-state index < -0.39 is 5.97 Å². The maximum absolute atomic E-state index is 9.00. The number of hydrazine groups is 1. The van der Waals surface area contributed by atoms with E-state index in [1.807, 2.05) is 6.92 Å². The topological polar surface area (TPSA) is 144 Å². The van der Waals surface area contributed by atoms with Crippen LogP contribution in [0.4, 0.5) is 5.82 Å². The maximum atomic E-state index is 9.00. The molecule has 10 nitrogen and oxygen atoms in total. The van der Waals surface area contributed by atoms with Crippen LogP contribution in [0.2, 0.25) is 0 Å². The minimum Gasteiger partial charge on any atom is -0.481 e. The molecule has 0 aromatic carbocycles. The van der Waals surface area contributed by atoms with Gasteiger partial charge in [-0.1, -0.05) is 12.4 Å². The molecule has 14 heteroatoms. The number of nitrogens with zero attached hydrogens (tertiary/aromatic N) is 6. The summed E-state index contributed by atoms with van der Waals surface area (Å²) in [6.07, 6.45) is 8.23. The summed E-state index contributed by atoms with van der Waals surface area (Å²) < 4.78 is 1.52. The van der Waals surface area contributed by atoms with Crippen LogP contribution in [0.1, 0.15) is 12.7 Å². The number of anilines is 1. The number of carbonyl (C=O) groups is 1. The van der Waals surface area contributed by atoms with Crippen molar-refractivity contribution in [2.24, 2.45) is 5.84 Å². The number of nitrogens with two attached hydrogens (primary N) is 1. The molecule has 3 aromatic rings. The average molecular weight is 878 g/mol. The van der Waals surface area contributed by atoms with Gasteiger partial charge in [0.1, 0.15) is 5.82 Å². The van der Waals surface area contributed by atoms with E-state index >= 15 is 0 Å². The summed E-state index contributed by atoms with van der Waals surface area (Å²) in [5, 5.41) is 11.4. The third-order valence-electron chi connectivity index (χ3n) is 1.87. The number of aliphatic carboxylic acids is 1. The third kappa shape index (κ3) is 19.7. The van der Waals surface area contributed by atoms with Crippen LogP contribution >= 0.6 is 0 Å². The van der Waals surface area contributed by atoms with E-state index in [4.69, 9.17) is 15.7 Å². The Kier molecular flexibility index (Phi) is 38.7. The molecule has 0 saturated heterocycles. The predicted molar refractivity (Wildman–Crippen MR) is 89.2 cm³/mol. The Morgan fingerprint density at radius 1 is 1.18 bits per heavy atom. The van der Waals surface area contributed by atoms with Gasteiger partial charge < -0.3 is 44.9 Å². The molecule has 0 aliphatic rings. The molecule has 4 N–H and O–H groups in total. The molecule has 0 atom stereocenters. The van der Waals surface area contributed by atoms with E-state index in [9.17, 15) is 0 Å². The Hall–Kier alpha value is 0.444. The van der Waals surface area contributed by atoms with E-state index in [0.29, 0.717) is 5.82 Å². The van der Waals surface area contributed by atoms with Gasteiger partial charge in [0.25, 0.3) is 5.97 Å². The van der Waals surface area contributed by atoms with E-state index in [-0.39, 0.29) is 122 Å². The van der Waals surface area contributed by atoms with Crippen molar-refractivity contribution in [3.05, 3.63) is 57.9 Å². The van der Waals surface area contributed by atoms with Crippen LogP contribution in [0.3, 0.4) is 0 Å². The number of nitrogens with one attached hydrogen (secondary N) is 1. The number of hydrogen-bond acceptors (Lipinski definition) is 8. The zero-order valence-corrected chi connectivity index (χ0v) is 27.4. The summed E-state index contributed by atoms with van der Waals surface area (Å²) in [5.41, 5.74) is 3.13. The number of rotatable bonds is 1. The molecule has 0 bridgehead atoms. The first-order chi connectivity index (χ1) is 10.5. The number of nitrogen functional groups attached to an aromatic ring is 1. The van der Waals surface area contributed by atoms with E-state index in [0.717, 1.165) is 18.4 Å². The summed E-state index contributed by atoms with van der Waals surface area (Å²) >= 11 is 0. The number of aromatic nitrogens is 6. The Morgan fingerprint density at radius 3 is 2.11 bits per heavy atom. The summed E-state index contributed by atoms with van der Waals surface area (Å²) in [5.74, 6) is 5.47. The molecule has 146 valence electrons. The molecule has 2 radical (unpaired) electrons.